The average molecular weight is 368 g/mol. The number of benzene rings is 2. The fraction of sp³-hybridized carbons (Fsp3) is 0.316. The number of carbonyl (C=O) groups is 1. The van der Waals surface area contributed by atoms with Crippen LogP contribution in [-0.4, -0.2) is 18.6 Å². The number of carbonyl (C=O) groups excluding carboxylic acids is 1. The normalized spacial score (nSPS) is 12.8. The Morgan fingerprint density at radius 3 is 2.42 bits per heavy atom. The second kappa shape index (κ2) is 9.67. The molecule has 3 nitrogen and oxygen atoms in total. The highest BCUT2D eigenvalue weighted by atomic mass is 35.5. The van der Waals surface area contributed by atoms with E-state index in [0.29, 0.717) is 13.0 Å². The van der Waals surface area contributed by atoms with Gasteiger partial charge in [-0.2, -0.15) is 0 Å². The zero-order chi connectivity index (χ0) is 16.8. The lowest BCUT2D eigenvalue weighted by molar-refractivity contribution is -0.148. The number of halogens is 2. The Labute approximate surface area is 154 Å². The third-order valence-electron chi connectivity index (χ3n) is 3.88. The lowest BCUT2D eigenvalue weighted by Crippen LogP contribution is -2.36. The highest BCUT2D eigenvalue weighted by Crippen LogP contribution is 2.23. The predicted molar refractivity (Wildman–Crippen MR) is 102 cm³/mol. The molecule has 2 atom stereocenters. The van der Waals surface area contributed by atoms with Crippen LogP contribution in [0.15, 0.2) is 48.5 Å². The van der Waals surface area contributed by atoms with Crippen LogP contribution in [0.1, 0.15) is 19.4 Å². The van der Waals surface area contributed by atoms with Crippen molar-refractivity contribution in [3.05, 3.63) is 59.1 Å². The van der Waals surface area contributed by atoms with Crippen molar-refractivity contribution in [1.29, 1.82) is 0 Å². The molecule has 2 N–H and O–H groups in total. The summed E-state index contributed by atoms with van der Waals surface area (Å²) in [6.45, 7) is 3.98. The van der Waals surface area contributed by atoms with Crippen LogP contribution >= 0.6 is 24.0 Å². The summed E-state index contributed by atoms with van der Waals surface area (Å²) in [4.78, 5) is 11.7. The fourth-order valence-corrected chi connectivity index (χ4v) is 2.59. The molecule has 0 aliphatic carbocycles. The first-order valence-corrected chi connectivity index (χ1v) is 8.16. The largest absolute Gasteiger partial charge is 0.466 e. The molecule has 0 aliphatic rings. The van der Waals surface area contributed by atoms with Crippen molar-refractivity contribution in [2.24, 2.45) is 11.7 Å². The van der Waals surface area contributed by atoms with E-state index in [1.165, 1.54) is 0 Å². The van der Waals surface area contributed by atoms with Crippen LogP contribution in [0.25, 0.3) is 11.1 Å². The summed E-state index contributed by atoms with van der Waals surface area (Å²) in [5.74, 6) is -0.557. The topological polar surface area (TPSA) is 52.3 Å². The molecule has 1 unspecified atom stereocenters. The van der Waals surface area contributed by atoms with Gasteiger partial charge in [0.25, 0.3) is 0 Å². The maximum absolute atomic E-state index is 11.7. The lowest BCUT2D eigenvalue weighted by Gasteiger charge is -2.18. The van der Waals surface area contributed by atoms with Gasteiger partial charge in [0.1, 0.15) is 0 Å². The maximum Gasteiger partial charge on any atom is 0.310 e. The molecule has 24 heavy (non-hydrogen) atoms. The Hall–Kier alpha value is -1.55. The molecule has 5 heteroatoms. The van der Waals surface area contributed by atoms with Gasteiger partial charge in [-0.3, -0.25) is 4.79 Å². The summed E-state index contributed by atoms with van der Waals surface area (Å²) in [6, 6.07) is 15.7. The second-order valence-electron chi connectivity index (χ2n) is 5.62. The number of hydrogen-bond donors (Lipinski definition) is 1. The Balaban J connectivity index is 0.00000288. The standard InChI is InChI=1S/C19H22ClNO2.ClH/c1-3-23-19(22)13(2)18(21)11-14-7-9-15(10-8-14)16-5-4-6-17(20)12-16;/h4-10,12-13,18H,3,11,21H2,1-2H3;1H/t13?,18-;/m1./s1. The zero-order valence-corrected chi connectivity index (χ0v) is 15.4. The van der Waals surface area contributed by atoms with E-state index in [4.69, 9.17) is 22.1 Å². The Kier molecular flexibility index (Phi) is 8.26. The van der Waals surface area contributed by atoms with E-state index in [-0.39, 0.29) is 30.3 Å². The molecule has 0 spiro atoms. The van der Waals surface area contributed by atoms with Crippen molar-refractivity contribution in [3.63, 3.8) is 0 Å². The van der Waals surface area contributed by atoms with Crippen molar-refractivity contribution in [2.45, 2.75) is 26.3 Å². The number of rotatable bonds is 6. The van der Waals surface area contributed by atoms with Crippen molar-refractivity contribution < 1.29 is 9.53 Å². The number of esters is 1. The van der Waals surface area contributed by atoms with Gasteiger partial charge in [0.05, 0.1) is 12.5 Å². The molecule has 2 aromatic rings. The monoisotopic (exact) mass is 367 g/mol. The molecule has 0 aliphatic heterocycles. The van der Waals surface area contributed by atoms with E-state index in [9.17, 15) is 4.79 Å². The highest BCUT2D eigenvalue weighted by Gasteiger charge is 2.22. The van der Waals surface area contributed by atoms with Crippen LogP contribution in [0.2, 0.25) is 5.02 Å². The van der Waals surface area contributed by atoms with Crippen molar-refractivity contribution in [3.8, 4) is 11.1 Å². The van der Waals surface area contributed by atoms with E-state index < -0.39 is 0 Å². The first-order valence-electron chi connectivity index (χ1n) is 7.78. The average Bonchev–Trinajstić information content (AvgIpc) is 2.55. The summed E-state index contributed by atoms with van der Waals surface area (Å²) in [6.07, 6.45) is 0.635. The number of hydrogen-bond acceptors (Lipinski definition) is 3. The van der Waals surface area contributed by atoms with Gasteiger partial charge in [-0.25, -0.2) is 0 Å². The minimum Gasteiger partial charge on any atom is -0.466 e. The zero-order valence-electron chi connectivity index (χ0n) is 13.9. The lowest BCUT2D eigenvalue weighted by atomic mass is 9.94. The van der Waals surface area contributed by atoms with E-state index >= 15 is 0 Å². The van der Waals surface area contributed by atoms with Crippen LogP contribution in [-0.2, 0) is 16.0 Å². The van der Waals surface area contributed by atoms with E-state index in [0.717, 1.165) is 21.7 Å². The summed E-state index contributed by atoms with van der Waals surface area (Å²) in [7, 11) is 0. The first kappa shape index (κ1) is 20.5. The molecule has 0 aromatic heterocycles. The Morgan fingerprint density at radius 1 is 1.17 bits per heavy atom. The minimum atomic E-state index is -0.317. The van der Waals surface area contributed by atoms with E-state index in [1.54, 1.807) is 6.92 Å². The van der Waals surface area contributed by atoms with Crippen LogP contribution in [0, 0.1) is 5.92 Å². The van der Waals surface area contributed by atoms with Crippen molar-refractivity contribution >= 4 is 30.0 Å². The van der Waals surface area contributed by atoms with E-state index in [2.05, 4.69) is 0 Å². The van der Waals surface area contributed by atoms with Gasteiger partial charge in [0.2, 0.25) is 0 Å². The summed E-state index contributed by atoms with van der Waals surface area (Å²) in [5, 5.41) is 0.719. The van der Waals surface area contributed by atoms with Crippen LogP contribution < -0.4 is 5.73 Å². The predicted octanol–water partition coefficient (Wildman–Crippen LogP) is 4.50. The van der Waals surface area contributed by atoms with E-state index in [1.807, 2.05) is 55.5 Å². The molecular formula is C19H23Cl2NO2. The SMILES string of the molecule is CCOC(=O)C(C)[C@H](N)Cc1ccc(-c2cccc(Cl)c2)cc1.Cl. The third-order valence-corrected chi connectivity index (χ3v) is 4.12. The molecule has 0 saturated heterocycles. The van der Waals surface area contributed by atoms with Gasteiger partial charge < -0.3 is 10.5 Å². The molecule has 2 aromatic carbocycles. The van der Waals surface area contributed by atoms with Crippen molar-refractivity contribution in [2.75, 3.05) is 6.61 Å². The quantitative estimate of drug-likeness (QED) is 0.764. The first-order chi connectivity index (χ1) is 11.0. The van der Waals surface area contributed by atoms with Gasteiger partial charge >= 0.3 is 5.97 Å². The number of ether oxygens (including phenoxy) is 1. The summed E-state index contributed by atoms with van der Waals surface area (Å²) >= 11 is 6.02. The maximum atomic E-state index is 11.7. The van der Waals surface area contributed by atoms with Gasteiger partial charge in [0, 0.05) is 11.1 Å². The molecule has 130 valence electrons. The van der Waals surface area contributed by atoms with Crippen molar-refractivity contribution in [1.82, 2.24) is 0 Å². The molecule has 2 rings (SSSR count). The Bertz CT molecular complexity index is 659. The molecule has 0 fully saturated rings. The van der Waals surface area contributed by atoms with Gasteiger partial charge in [-0.15, -0.1) is 12.4 Å². The van der Waals surface area contributed by atoms with Gasteiger partial charge in [-0.05, 0) is 42.2 Å². The summed E-state index contributed by atoms with van der Waals surface area (Å²) < 4.78 is 5.02. The van der Waals surface area contributed by atoms with Crippen LogP contribution in [0.5, 0.6) is 0 Å². The summed E-state index contributed by atoms with van der Waals surface area (Å²) in [5.41, 5.74) is 9.41. The molecule has 0 radical (unpaired) electrons. The molecular weight excluding hydrogens is 345 g/mol. The van der Waals surface area contributed by atoms with Crippen LogP contribution in [0.4, 0.5) is 0 Å². The van der Waals surface area contributed by atoms with Crippen LogP contribution in [0.3, 0.4) is 0 Å². The number of nitrogens with two attached hydrogens (primary N) is 1. The highest BCUT2D eigenvalue weighted by molar-refractivity contribution is 6.30. The molecule has 0 amide bonds. The third kappa shape index (κ3) is 5.52. The van der Waals surface area contributed by atoms with Gasteiger partial charge in [-0.1, -0.05) is 54.9 Å². The molecule has 0 bridgehead atoms. The molecule has 0 saturated carbocycles. The molecule has 0 heterocycles. The second-order valence-corrected chi connectivity index (χ2v) is 6.05. The van der Waals surface area contributed by atoms with Gasteiger partial charge in [0.15, 0.2) is 0 Å². The smallest absolute Gasteiger partial charge is 0.310 e. The Morgan fingerprint density at radius 2 is 1.83 bits per heavy atom. The minimum absolute atomic E-state index is 0. The fourth-order valence-electron chi connectivity index (χ4n) is 2.40.